The van der Waals surface area contributed by atoms with Crippen molar-refractivity contribution in [1.29, 1.82) is 0 Å². The lowest BCUT2D eigenvalue weighted by Gasteiger charge is -2.40. The quantitative estimate of drug-likeness (QED) is 0.191. The molecule has 0 aliphatic carbocycles. The number of esters is 1. The number of aliphatic hydroxyl groups is 1. The third-order valence-corrected chi connectivity index (χ3v) is 9.54. The molecule has 3 aliphatic rings. The van der Waals surface area contributed by atoms with Crippen molar-refractivity contribution in [3.63, 3.8) is 0 Å². The van der Waals surface area contributed by atoms with Crippen LogP contribution in [0.1, 0.15) is 70.4 Å². The van der Waals surface area contributed by atoms with E-state index in [-0.39, 0.29) is 37.5 Å². The van der Waals surface area contributed by atoms with E-state index < -0.39 is 41.1 Å². The number of hydrogen-bond donors (Lipinski definition) is 1. The molecule has 3 heterocycles. The molecular formula is C34H48N2O6. The number of hydrogen-bond acceptors (Lipinski definition) is 6. The first kappa shape index (κ1) is 32.0. The molecule has 2 amide bonds. The summed E-state index contributed by atoms with van der Waals surface area (Å²) in [6, 6.07) is 4.27. The van der Waals surface area contributed by atoms with E-state index in [2.05, 4.69) is 13.2 Å². The van der Waals surface area contributed by atoms with Crippen molar-refractivity contribution in [3.05, 3.63) is 54.6 Å². The standard InChI is InChI=1S/C34H48N2O6/c1-8-11-12-19-41-32(40)27-26-30(38)36(25(21-37)20-22(4)5)29(34(26)17-16-33(27,10-3)42-34)31(39)35(18-9-2)28-23(6)14-13-15-24(28)7/h8-9,13-15,22,25-27,29,37H,1-2,10-12,16-21H2,3-7H3/t25-,26+,27-,29?,33+,34?/m1/s1. The van der Waals surface area contributed by atoms with E-state index in [1.54, 1.807) is 22.0 Å². The summed E-state index contributed by atoms with van der Waals surface area (Å²) in [5.74, 6) is -2.56. The lowest BCUT2D eigenvalue weighted by Crippen LogP contribution is -2.59. The Morgan fingerprint density at radius 1 is 1.21 bits per heavy atom. The molecule has 3 aliphatic heterocycles. The van der Waals surface area contributed by atoms with Gasteiger partial charge < -0.3 is 24.4 Å². The van der Waals surface area contributed by atoms with Gasteiger partial charge in [0.2, 0.25) is 5.91 Å². The van der Waals surface area contributed by atoms with E-state index in [1.807, 2.05) is 52.8 Å². The van der Waals surface area contributed by atoms with Crippen molar-refractivity contribution in [2.45, 2.75) is 96.4 Å². The first-order valence-corrected chi connectivity index (χ1v) is 15.4. The van der Waals surface area contributed by atoms with E-state index >= 15 is 0 Å². The number of benzene rings is 1. The van der Waals surface area contributed by atoms with E-state index in [9.17, 15) is 19.5 Å². The minimum atomic E-state index is -1.20. The van der Waals surface area contributed by atoms with Crippen molar-refractivity contribution >= 4 is 23.5 Å². The van der Waals surface area contributed by atoms with Crippen molar-refractivity contribution in [1.82, 2.24) is 4.90 Å². The fourth-order valence-electron chi connectivity index (χ4n) is 7.80. The third kappa shape index (κ3) is 5.21. The van der Waals surface area contributed by atoms with Gasteiger partial charge in [-0.15, -0.1) is 13.2 Å². The summed E-state index contributed by atoms with van der Waals surface area (Å²) >= 11 is 0. The lowest BCUT2D eigenvalue weighted by atomic mass is 9.65. The Hall–Kier alpha value is -2.97. The Morgan fingerprint density at radius 2 is 1.90 bits per heavy atom. The second kappa shape index (κ2) is 12.7. The van der Waals surface area contributed by atoms with Crippen LogP contribution in [0.2, 0.25) is 0 Å². The highest BCUT2D eigenvalue weighted by atomic mass is 16.6. The Kier molecular flexibility index (Phi) is 9.68. The van der Waals surface area contributed by atoms with Gasteiger partial charge >= 0.3 is 5.97 Å². The molecule has 42 heavy (non-hydrogen) atoms. The number of para-hydroxylation sites is 1. The molecule has 230 valence electrons. The zero-order chi connectivity index (χ0) is 30.8. The number of aliphatic hydroxyl groups excluding tert-OH is 1. The first-order valence-electron chi connectivity index (χ1n) is 15.4. The maximum atomic E-state index is 14.9. The molecule has 0 aromatic heterocycles. The number of fused-ring (bicyclic) bond motifs is 1. The van der Waals surface area contributed by atoms with Gasteiger partial charge in [0, 0.05) is 12.2 Å². The fraction of sp³-hybridized carbons (Fsp3) is 0.618. The summed E-state index contributed by atoms with van der Waals surface area (Å²) in [6.07, 6.45) is 6.88. The maximum absolute atomic E-state index is 14.9. The smallest absolute Gasteiger partial charge is 0.312 e. The molecular weight excluding hydrogens is 532 g/mol. The second-order valence-corrected chi connectivity index (χ2v) is 12.6. The largest absolute Gasteiger partial charge is 0.465 e. The molecule has 3 saturated heterocycles. The number of rotatable bonds is 14. The summed E-state index contributed by atoms with van der Waals surface area (Å²) in [5, 5.41) is 10.6. The van der Waals surface area contributed by atoms with Crippen molar-refractivity contribution in [3.8, 4) is 0 Å². The maximum Gasteiger partial charge on any atom is 0.312 e. The molecule has 0 saturated carbocycles. The molecule has 1 aromatic carbocycles. The Bertz CT molecular complexity index is 1190. The predicted molar refractivity (Wildman–Crippen MR) is 163 cm³/mol. The number of allylic oxidation sites excluding steroid dienone is 1. The minimum Gasteiger partial charge on any atom is -0.465 e. The van der Waals surface area contributed by atoms with Crippen LogP contribution in [0.25, 0.3) is 0 Å². The number of nitrogens with zero attached hydrogens (tertiary/aromatic N) is 2. The molecule has 2 unspecified atom stereocenters. The van der Waals surface area contributed by atoms with E-state index in [0.29, 0.717) is 32.1 Å². The van der Waals surface area contributed by atoms with Gasteiger partial charge in [-0.25, -0.2) is 0 Å². The van der Waals surface area contributed by atoms with Gasteiger partial charge in [-0.1, -0.05) is 51.1 Å². The van der Waals surface area contributed by atoms with Crippen molar-refractivity contribution in [2.75, 3.05) is 24.7 Å². The van der Waals surface area contributed by atoms with Gasteiger partial charge in [-0.05, 0) is 69.4 Å². The van der Waals surface area contributed by atoms with Crippen LogP contribution in [0.15, 0.2) is 43.5 Å². The number of carbonyl (C=O) groups is 3. The average molecular weight is 581 g/mol. The zero-order valence-electron chi connectivity index (χ0n) is 25.9. The number of aryl methyl sites for hydroxylation is 2. The average Bonchev–Trinajstić information content (AvgIpc) is 3.56. The monoisotopic (exact) mass is 580 g/mol. The number of likely N-dealkylation sites (tertiary alicyclic amines) is 1. The van der Waals surface area contributed by atoms with Crippen LogP contribution in [-0.4, -0.2) is 70.8 Å². The second-order valence-electron chi connectivity index (χ2n) is 12.6. The van der Waals surface area contributed by atoms with Gasteiger partial charge in [0.05, 0.1) is 30.8 Å². The van der Waals surface area contributed by atoms with Crippen molar-refractivity contribution < 1.29 is 29.0 Å². The molecule has 3 fully saturated rings. The SMILES string of the molecule is C=CCCCOC(=O)[C@H]1[C@H]2C(=O)N([C@@H](CO)CC(C)C)C(C(=O)N(CC=C)c3c(C)cccc3C)C23CC[C@]1(CC)O3. The predicted octanol–water partition coefficient (Wildman–Crippen LogP) is 4.89. The van der Waals surface area contributed by atoms with E-state index in [0.717, 1.165) is 23.2 Å². The van der Waals surface area contributed by atoms with E-state index in [1.165, 1.54) is 0 Å². The molecule has 0 radical (unpaired) electrons. The fourth-order valence-corrected chi connectivity index (χ4v) is 7.80. The number of amides is 2. The molecule has 8 heteroatoms. The highest BCUT2D eigenvalue weighted by molar-refractivity contribution is 6.05. The summed E-state index contributed by atoms with van der Waals surface area (Å²) in [4.78, 5) is 46.5. The molecule has 1 aromatic rings. The van der Waals surface area contributed by atoms with Crippen molar-refractivity contribution in [2.24, 2.45) is 17.8 Å². The molecule has 2 bridgehead atoms. The third-order valence-electron chi connectivity index (χ3n) is 9.54. The molecule has 1 N–H and O–H groups in total. The van der Waals surface area contributed by atoms with Crippen LogP contribution in [-0.2, 0) is 23.9 Å². The van der Waals surface area contributed by atoms with Gasteiger partial charge in [0.15, 0.2) is 0 Å². The van der Waals surface area contributed by atoms with Gasteiger partial charge in [-0.2, -0.15) is 0 Å². The highest BCUT2D eigenvalue weighted by Crippen LogP contribution is 2.65. The normalized spacial score (nSPS) is 28.6. The van der Waals surface area contributed by atoms with E-state index in [4.69, 9.17) is 9.47 Å². The highest BCUT2D eigenvalue weighted by Gasteiger charge is 2.79. The lowest BCUT2D eigenvalue weighted by molar-refractivity contribution is -0.162. The van der Waals surface area contributed by atoms with Gasteiger partial charge in [0.25, 0.3) is 5.91 Å². The Labute approximate surface area is 250 Å². The van der Waals surface area contributed by atoms with Crippen LogP contribution in [0, 0.1) is 31.6 Å². The van der Waals surface area contributed by atoms with Crippen LogP contribution < -0.4 is 4.90 Å². The number of ether oxygens (including phenoxy) is 2. The van der Waals surface area contributed by atoms with Gasteiger partial charge in [0.1, 0.15) is 17.6 Å². The minimum absolute atomic E-state index is 0.163. The van der Waals surface area contributed by atoms with Crippen LogP contribution >= 0.6 is 0 Å². The molecule has 1 spiro atoms. The first-order chi connectivity index (χ1) is 20.0. The summed E-state index contributed by atoms with van der Waals surface area (Å²) in [6.45, 7) is 17.8. The molecule has 6 atom stereocenters. The Balaban J connectivity index is 1.85. The summed E-state index contributed by atoms with van der Waals surface area (Å²) in [7, 11) is 0. The number of anilines is 1. The molecule has 8 nitrogen and oxygen atoms in total. The summed E-state index contributed by atoms with van der Waals surface area (Å²) < 4.78 is 12.6. The van der Waals surface area contributed by atoms with Gasteiger partial charge in [-0.3, -0.25) is 14.4 Å². The summed E-state index contributed by atoms with van der Waals surface area (Å²) in [5.41, 5.74) is 0.553. The number of unbranched alkanes of at least 4 members (excludes halogenated alkanes) is 1. The Morgan fingerprint density at radius 3 is 2.48 bits per heavy atom. The van der Waals surface area contributed by atoms with Crippen LogP contribution in [0.3, 0.4) is 0 Å². The van der Waals surface area contributed by atoms with Crippen LogP contribution in [0.5, 0.6) is 0 Å². The van der Waals surface area contributed by atoms with Crippen LogP contribution in [0.4, 0.5) is 5.69 Å². The molecule has 4 rings (SSSR count). The topological polar surface area (TPSA) is 96.4 Å². The number of carbonyl (C=O) groups excluding carboxylic acids is 3. The zero-order valence-corrected chi connectivity index (χ0v) is 25.9.